The molecule has 3 nitrogen and oxygen atoms in total. The summed E-state index contributed by atoms with van der Waals surface area (Å²) < 4.78 is 6.89. The van der Waals surface area contributed by atoms with E-state index in [2.05, 4.69) is 37.2 Å². The van der Waals surface area contributed by atoms with Crippen molar-refractivity contribution in [2.24, 2.45) is 0 Å². The van der Waals surface area contributed by atoms with Crippen molar-refractivity contribution < 1.29 is 9.53 Å². The van der Waals surface area contributed by atoms with Crippen LogP contribution in [0.1, 0.15) is 28.9 Å². The SMILES string of the molecule is COc1ccc(Br)c(C(=O)NC(C)c2cccc(Br)c2)c1. The van der Waals surface area contributed by atoms with Gasteiger partial charge >= 0.3 is 0 Å². The van der Waals surface area contributed by atoms with Gasteiger partial charge in [0.05, 0.1) is 18.7 Å². The lowest BCUT2D eigenvalue weighted by Gasteiger charge is -2.15. The second kappa shape index (κ2) is 7.09. The van der Waals surface area contributed by atoms with Crippen LogP contribution in [0.5, 0.6) is 5.75 Å². The van der Waals surface area contributed by atoms with Crippen LogP contribution in [0, 0.1) is 0 Å². The molecule has 0 aliphatic carbocycles. The summed E-state index contributed by atoms with van der Waals surface area (Å²) in [7, 11) is 1.58. The van der Waals surface area contributed by atoms with Gasteiger partial charge in [-0.25, -0.2) is 0 Å². The third-order valence-corrected chi connectivity index (χ3v) is 4.30. The van der Waals surface area contributed by atoms with Gasteiger partial charge in [0.25, 0.3) is 5.91 Å². The van der Waals surface area contributed by atoms with Gasteiger partial charge in [0.2, 0.25) is 0 Å². The Morgan fingerprint density at radius 3 is 2.62 bits per heavy atom. The quantitative estimate of drug-likeness (QED) is 0.789. The number of methoxy groups -OCH3 is 1. The number of amides is 1. The van der Waals surface area contributed by atoms with Gasteiger partial charge in [-0.3, -0.25) is 4.79 Å². The molecule has 0 heterocycles. The van der Waals surface area contributed by atoms with E-state index in [0.717, 1.165) is 14.5 Å². The minimum atomic E-state index is -0.145. The van der Waals surface area contributed by atoms with Gasteiger partial charge in [-0.05, 0) is 58.7 Å². The molecule has 1 N–H and O–H groups in total. The van der Waals surface area contributed by atoms with Crippen LogP contribution in [0.15, 0.2) is 51.4 Å². The first-order valence-corrected chi connectivity index (χ1v) is 7.99. The minimum Gasteiger partial charge on any atom is -0.497 e. The van der Waals surface area contributed by atoms with Gasteiger partial charge < -0.3 is 10.1 Å². The topological polar surface area (TPSA) is 38.3 Å². The Hall–Kier alpha value is -1.33. The summed E-state index contributed by atoms with van der Waals surface area (Å²) in [6, 6.07) is 13.1. The fraction of sp³-hybridized carbons (Fsp3) is 0.188. The molecule has 1 unspecified atom stereocenters. The van der Waals surface area contributed by atoms with Crippen molar-refractivity contribution in [1.82, 2.24) is 5.32 Å². The maximum atomic E-state index is 12.4. The largest absolute Gasteiger partial charge is 0.497 e. The van der Waals surface area contributed by atoms with E-state index in [-0.39, 0.29) is 11.9 Å². The zero-order chi connectivity index (χ0) is 15.4. The molecule has 2 aromatic carbocycles. The van der Waals surface area contributed by atoms with E-state index in [9.17, 15) is 4.79 Å². The maximum absolute atomic E-state index is 12.4. The molecule has 110 valence electrons. The Bertz CT molecular complexity index is 658. The molecule has 0 aliphatic heterocycles. The average Bonchev–Trinajstić information content (AvgIpc) is 2.47. The summed E-state index contributed by atoms with van der Waals surface area (Å²) in [5.74, 6) is 0.506. The highest BCUT2D eigenvalue weighted by molar-refractivity contribution is 9.10. The lowest BCUT2D eigenvalue weighted by molar-refractivity contribution is 0.0938. The van der Waals surface area contributed by atoms with Gasteiger partial charge in [-0.2, -0.15) is 0 Å². The number of halogens is 2. The molecule has 0 aromatic heterocycles. The summed E-state index contributed by atoms with van der Waals surface area (Å²) in [6.07, 6.45) is 0. The van der Waals surface area contributed by atoms with Gasteiger partial charge in [-0.1, -0.05) is 28.1 Å². The lowest BCUT2D eigenvalue weighted by Crippen LogP contribution is -2.27. The van der Waals surface area contributed by atoms with E-state index in [1.807, 2.05) is 31.2 Å². The first-order valence-electron chi connectivity index (χ1n) is 6.41. The third kappa shape index (κ3) is 4.08. The van der Waals surface area contributed by atoms with Crippen molar-refractivity contribution in [2.45, 2.75) is 13.0 Å². The standard InChI is InChI=1S/C16H15Br2NO2/c1-10(11-4-3-5-12(17)8-11)19-16(20)14-9-13(21-2)6-7-15(14)18/h3-10H,1-2H3,(H,19,20). The summed E-state index contributed by atoms with van der Waals surface area (Å²) in [5.41, 5.74) is 1.59. The van der Waals surface area contributed by atoms with Gasteiger partial charge in [0.1, 0.15) is 5.75 Å². The molecule has 2 aromatic rings. The first kappa shape index (κ1) is 16.0. The van der Waals surface area contributed by atoms with Crippen molar-refractivity contribution in [2.75, 3.05) is 7.11 Å². The van der Waals surface area contributed by atoms with Crippen LogP contribution in [0.3, 0.4) is 0 Å². The highest BCUT2D eigenvalue weighted by Crippen LogP contribution is 2.24. The number of benzene rings is 2. The Balaban J connectivity index is 2.18. The normalized spacial score (nSPS) is 11.8. The average molecular weight is 413 g/mol. The molecule has 5 heteroatoms. The van der Waals surface area contributed by atoms with Crippen LogP contribution in [0.4, 0.5) is 0 Å². The molecular weight excluding hydrogens is 398 g/mol. The Labute approximate surface area is 141 Å². The molecule has 21 heavy (non-hydrogen) atoms. The Kier molecular flexibility index (Phi) is 5.42. The lowest BCUT2D eigenvalue weighted by atomic mass is 10.1. The van der Waals surface area contributed by atoms with Crippen molar-refractivity contribution in [3.63, 3.8) is 0 Å². The zero-order valence-electron chi connectivity index (χ0n) is 11.7. The number of nitrogens with one attached hydrogen (secondary N) is 1. The van der Waals surface area contributed by atoms with E-state index in [1.54, 1.807) is 25.3 Å². The number of rotatable bonds is 4. The van der Waals surface area contributed by atoms with Crippen LogP contribution in [-0.2, 0) is 0 Å². The van der Waals surface area contributed by atoms with Gasteiger partial charge in [0, 0.05) is 8.95 Å². The monoisotopic (exact) mass is 411 g/mol. The molecular formula is C16H15Br2NO2. The van der Waals surface area contributed by atoms with E-state index >= 15 is 0 Å². The van der Waals surface area contributed by atoms with Gasteiger partial charge in [-0.15, -0.1) is 0 Å². The number of carbonyl (C=O) groups is 1. The molecule has 0 bridgehead atoms. The molecule has 0 radical (unpaired) electrons. The molecule has 1 amide bonds. The van der Waals surface area contributed by atoms with Crippen molar-refractivity contribution in [1.29, 1.82) is 0 Å². The summed E-state index contributed by atoms with van der Waals surface area (Å²) in [4.78, 5) is 12.4. The number of ether oxygens (including phenoxy) is 1. The van der Waals surface area contributed by atoms with E-state index in [1.165, 1.54) is 0 Å². The second-order valence-corrected chi connectivity index (χ2v) is 6.37. The molecule has 0 aliphatic rings. The van der Waals surface area contributed by atoms with Gasteiger partial charge in [0.15, 0.2) is 0 Å². The van der Waals surface area contributed by atoms with Crippen LogP contribution in [0.2, 0.25) is 0 Å². The number of carbonyl (C=O) groups excluding carboxylic acids is 1. The van der Waals surface area contributed by atoms with Crippen molar-refractivity contribution >= 4 is 37.8 Å². The number of hydrogen-bond donors (Lipinski definition) is 1. The summed E-state index contributed by atoms with van der Waals surface area (Å²) in [5, 5.41) is 2.99. The van der Waals surface area contributed by atoms with Crippen molar-refractivity contribution in [3.8, 4) is 5.75 Å². The van der Waals surface area contributed by atoms with E-state index in [0.29, 0.717) is 11.3 Å². The Morgan fingerprint density at radius 2 is 1.95 bits per heavy atom. The fourth-order valence-electron chi connectivity index (χ4n) is 1.94. The van der Waals surface area contributed by atoms with E-state index in [4.69, 9.17) is 4.74 Å². The highest BCUT2D eigenvalue weighted by atomic mass is 79.9. The highest BCUT2D eigenvalue weighted by Gasteiger charge is 2.15. The minimum absolute atomic E-state index is 0.0897. The first-order chi connectivity index (χ1) is 10.0. The molecule has 0 spiro atoms. The van der Waals surface area contributed by atoms with Crippen LogP contribution >= 0.6 is 31.9 Å². The molecule has 0 saturated carbocycles. The molecule has 2 rings (SSSR count). The van der Waals surface area contributed by atoms with Crippen LogP contribution in [0.25, 0.3) is 0 Å². The zero-order valence-corrected chi connectivity index (χ0v) is 14.9. The summed E-state index contributed by atoms with van der Waals surface area (Å²) in [6.45, 7) is 1.95. The van der Waals surface area contributed by atoms with E-state index < -0.39 is 0 Å². The van der Waals surface area contributed by atoms with Crippen molar-refractivity contribution in [3.05, 3.63) is 62.5 Å². The molecule has 0 fully saturated rings. The predicted octanol–water partition coefficient (Wildman–Crippen LogP) is 4.71. The fourth-order valence-corrected chi connectivity index (χ4v) is 2.78. The Morgan fingerprint density at radius 1 is 1.19 bits per heavy atom. The molecule has 1 atom stereocenters. The predicted molar refractivity (Wildman–Crippen MR) is 90.7 cm³/mol. The second-order valence-electron chi connectivity index (χ2n) is 4.60. The summed E-state index contributed by atoms with van der Waals surface area (Å²) >= 11 is 6.83. The maximum Gasteiger partial charge on any atom is 0.253 e. The van der Waals surface area contributed by atoms with Crippen LogP contribution < -0.4 is 10.1 Å². The third-order valence-electron chi connectivity index (χ3n) is 3.11. The number of hydrogen-bond acceptors (Lipinski definition) is 2. The smallest absolute Gasteiger partial charge is 0.253 e. The molecule has 0 saturated heterocycles. The van der Waals surface area contributed by atoms with Crippen LogP contribution in [-0.4, -0.2) is 13.0 Å².